The van der Waals surface area contributed by atoms with Crippen LogP contribution in [0.15, 0.2) is 36.5 Å². The quantitative estimate of drug-likeness (QED) is 0.917. The fraction of sp³-hybridized carbons (Fsp3) is 0.353. The second kappa shape index (κ2) is 5.53. The fourth-order valence-corrected chi connectivity index (χ4v) is 2.86. The molecule has 0 fully saturated rings. The number of fused-ring (bicyclic) bond motifs is 1. The standard InChI is InChI=1S/C17H20N2O/c1-12-11-14(20-2)8-9-15(12)19-16-7-3-5-13-6-4-10-18-17(13)16/h4,6,8-11,16,19H,3,5,7H2,1-2H3. The van der Waals surface area contributed by atoms with E-state index in [9.17, 15) is 0 Å². The van der Waals surface area contributed by atoms with Crippen LogP contribution in [-0.4, -0.2) is 12.1 Å². The fourth-order valence-electron chi connectivity index (χ4n) is 2.86. The largest absolute Gasteiger partial charge is 0.497 e. The van der Waals surface area contributed by atoms with Gasteiger partial charge in [0.15, 0.2) is 0 Å². The van der Waals surface area contributed by atoms with Gasteiger partial charge in [0.05, 0.1) is 18.8 Å². The molecule has 1 heterocycles. The number of pyridine rings is 1. The number of nitrogens with one attached hydrogen (secondary N) is 1. The molecule has 1 aliphatic carbocycles. The minimum Gasteiger partial charge on any atom is -0.497 e. The summed E-state index contributed by atoms with van der Waals surface area (Å²) in [4.78, 5) is 4.57. The number of nitrogens with zero attached hydrogens (tertiary/aromatic N) is 1. The van der Waals surface area contributed by atoms with Crippen LogP contribution in [0.25, 0.3) is 0 Å². The topological polar surface area (TPSA) is 34.1 Å². The predicted octanol–water partition coefficient (Wildman–Crippen LogP) is 3.89. The number of benzene rings is 1. The molecule has 0 radical (unpaired) electrons. The monoisotopic (exact) mass is 268 g/mol. The van der Waals surface area contributed by atoms with Crippen LogP contribution < -0.4 is 10.1 Å². The minimum atomic E-state index is 0.312. The average Bonchev–Trinajstić information content (AvgIpc) is 2.49. The van der Waals surface area contributed by atoms with Gasteiger partial charge in [0.2, 0.25) is 0 Å². The van der Waals surface area contributed by atoms with Gasteiger partial charge in [-0.3, -0.25) is 4.98 Å². The highest BCUT2D eigenvalue weighted by Gasteiger charge is 2.21. The number of anilines is 1. The molecule has 0 bridgehead atoms. The lowest BCUT2D eigenvalue weighted by atomic mass is 9.91. The van der Waals surface area contributed by atoms with Crippen molar-refractivity contribution in [3.8, 4) is 5.75 Å². The Labute approximate surface area is 120 Å². The van der Waals surface area contributed by atoms with Gasteiger partial charge in [0, 0.05) is 11.9 Å². The highest BCUT2D eigenvalue weighted by Crippen LogP contribution is 2.32. The van der Waals surface area contributed by atoms with Gasteiger partial charge in [-0.1, -0.05) is 6.07 Å². The highest BCUT2D eigenvalue weighted by molar-refractivity contribution is 5.55. The molecule has 0 saturated carbocycles. The molecule has 3 rings (SSSR count). The Hall–Kier alpha value is -2.03. The third-order valence-electron chi connectivity index (χ3n) is 3.96. The SMILES string of the molecule is COc1ccc(NC2CCCc3cccnc32)c(C)c1. The van der Waals surface area contributed by atoms with Gasteiger partial charge >= 0.3 is 0 Å². The first kappa shape index (κ1) is 13.0. The van der Waals surface area contributed by atoms with Crippen LogP contribution in [0, 0.1) is 6.92 Å². The van der Waals surface area contributed by atoms with Gasteiger partial charge in [-0.25, -0.2) is 0 Å². The summed E-state index contributed by atoms with van der Waals surface area (Å²) in [7, 11) is 1.70. The van der Waals surface area contributed by atoms with E-state index < -0.39 is 0 Å². The summed E-state index contributed by atoms with van der Waals surface area (Å²) in [5.74, 6) is 0.898. The molecular formula is C17H20N2O. The van der Waals surface area contributed by atoms with Crippen LogP contribution in [0.1, 0.15) is 35.7 Å². The summed E-state index contributed by atoms with van der Waals surface area (Å²) >= 11 is 0. The number of ether oxygens (including phenoxy) is 1. The second-order valence-corrected chi connectivity index (χ2v) is 5.32. The first-order chi connectivity index (χ1) is 9.78. The number of aromatic nitrogens is 1. The van der Waals surface area contributed by atoms with Gasteiger partial charge in [0.25, 0.3) is 0 Å². The van der Waals surface area contributed by atoms with Gasteiger partial charge in [-0.05, 0) is 61.6 Å². The highest BCUT2D eigenvalue weighted by atomic mass is 16.5. The van der Waals surface area contributed by atoms with Crippen LogP contribution in [-0.2, 0) is 6.42 Å². The first-order valence-electron chi connectivity index (χ1n) is 7.13. The number of hydrogen-bond donors (Lipinski definition) is 1. The van der Waals surface area contributed by atoms with Crippen LogP contribution in [0.5, 0.6) is 5.75 Å². The van der Waals surface area contributed by atoms with E-state index >= 15 is 0 Å². The molecule has 0 spiro atoms. The molecule has 1 aromatic heterocycles. The van der Waals surface area contributed by atoms with Gasteiger partial charge in [-0.2, -0.15) is 0 Å². The molecule has 1 aliphatic rings. The zero-order valence-electron chi connectivity index (χ0n) is 12.0. The van der Waals surface area contributed by atoms with Crippen LogP contribution in [0.3, 0.4) is 0 Å². The van der Waals surface area contributed by atoms with E-state index in [1.165, 1.54) is 23.2 Å². The Balaban J connectivity index is 1.85. The van der Waals surface area contributed by atoms with Crippen molar-refractivity contribution >= 4 is 5.69 Å². The van der Waals surface area contributed by atoms with E-state index in [0.717, 1.165) is 24.3 Å². The summed E-state index contributed by atoms with van der Waals surface area (Å²) < 4.78 is 5.26. The number of aryl methyl sites for hydroxylation is 2. The van der Waals surface area contributed by atoms with Crippen molar-refractivity contribution in [2.45, 2.75) is 32.2 Å². The van der Waals surface area contributed by atoms with Crippen molar-refractivity contribution < 1.29 is 4.74 Å². The predicted molar refractivity (Wildman–Crippen MR) is 81.3 cm³/mol. The van der Waals surface area contributed by atoms with E-state index in [-0.39, 0.29) is 0 Å². The zero-order chi connectivity index (χ0) is 13.9. The zero-order valence-corrected chi connectivity index (χ0v) is 12.0. The molecule has 1 N–H and O–H groups in total. The Morgan fingerprint density at radius 3 is 3.00 bits per heavy atom. The Kier molecular flexibility index (Phi) is 3.59. The molecule has 1 aromatic carbocycles. The van der Waals surface area contributed by atoms with E-state index in [0.29, 0.717) is 6.04 Å². The van der Waals surface area contributed by atoms with E-state index in [4.69, 9.17) is 4.74 Å². The third kappa shape index (κ3) is 2.48. The van der Waals surface area contributed by atoms with Crippen LogP contribution in [0.4, 0.5) is 5.69 Å². The van der Waals surface area contributed by atoms with Gasteiger partial charge < -0.3 is 10.1 Å². The summed E-state index contributed by atoms with van der Waals surface area (Å²) in [6.45, 7) is 2.10. The molecule has 20 heavy (non-hydrogen) atoms. The molecule has 0 saturated heterocycles. The molecule has 1 atom stereocenters. The van der Waals surface area contributed by atoms with E-state index in [1.54, 1.807) is 7.11 Å². The average molecular weight is 268 g/mol. The molecule has 0 aliphatic heterocycles. The molecule has 0 amide bonds. The third-order valence-corrected chi connectivity index (χ3v) is 3.96. The van der Waals surface area contributed by atoms with Gasteiger partial charge in [-0.15, -0.1) is 0 Å². The maximum absolute atomic E-state index is 5.26. The van der Waals surface area contributed by atoms with Crippen molar-refractivity contribution in [1.29, 1.82) is 0 Å². The lowest BCUT2D eigenvalue weighted by molar-refractivity contribution is 0.414. The molecule has 3 nitrogen and oxygen atoms in total. The van der Waals surface area contributed by atoms with Crippen molar-refractivity contribution in [3.63, 3.8) is 0 Å². The maximum atomic E-state index is 5.26. The molecule has 1 unspecified atom stereocenters. The van der Waals surface area contributed by atoms with Crippen molar-refractivity contribution in [3.05, 3.63) is 53.3 Å². The van der Waals surface area contributed by atoms with E-state index in [1.807, 2.05) is 18.3 Å². The summed E-state index contributed by atoms with van der Waals surface area (Å²) in [5.41, 5.74) is 4.94. The maximum Gasteiger partial charge on any atom is 0.119 e. The Morgan fingerprint density at radius 2 is 2.20 bits per heavy atom. The second-order valence-electron chi connectivity index (χ2n) is 5.32. The summed E-state index contributed by atoms with van der Waals surface area (Å²) in [5, 5.41) is 3.64. The van der Waals surface area contributed by atoms with Crippen LogP contribution >= 0.6 is 0 Å². The lowest BCUT2D eigenvalue weighted by Crippen LogP contribution is -2.19. The lowest BCUT2D eigenvalue weighted by Gasteiger charge is -2.26. The van der Waals surface area contributed by atoms with Crippen LogP contribution in [0.2, 0.25) is 0 Å². The molecule has 2 aromatic rings. The normalized spacial score (nSPS) is 17.4. The summed E-state index contributed by atoms with van der Waals surface area (Å²) in [6.07, 6.45) is 5.38. The first-order valence-corrected chi connectivity index (χ1v) is 7.13. The van der Waals surface area contributed by atoms with Crippen molar-refractivity contribution in [2.75, 3.05) is 12.4 Å². The number of rotatable bonds is 3. The minimum absolute atomic E-state index is 0.312. The molecular weight excluding hydrogens is 248 g/mol. The van der Waals surface area contributed by atoms with Gasteiger partial charge in [0.1, 0.15) is 5.75 Å². The molecule has 3 heteroatoms. The number of hydrogen-bond acceptors (Lipinski definition) is 3. The Morgan fingerprint density at radius 1 is 1.30 bits per heavy atom. The summed E-state index contributed by atoms with van der Waals surface area (Å²) in [6, 6.07) is 10.7. The van der Waals surface area contributed by atoms with Crippen molar-refractivity contribution in [2.24, 2.45) is 0 Å². The number of methoxy groups -OCH3 is 1. The van der Waals surface area contributed by atoms with Crippen molar-refractivity contribution in [1.82, 2.24) is 4.98 Å². The van der Waals surface area contributed by atoms with E-state index in [2.05, 4.69) is 35.4 Å². The Bertz CT molecular complexity index is 610. The molecule has 104 valence electrons. The smallest absolute Gasteiger partial charge is 0.119 e.